The first-order chi connectivity index (χ1) is 12.9. The fourth-order valence-electron chi connectivity index (χ4n) is 3.52. The topological polar surface area (TPSA) is 72.9 Å². The second-order valence-corrected chi connectivity index (χ2v) is 7.07. The van der Waals surface area contributed by atoms with Crippen LogP contribution < -0.4 is 5.32 Å². The summed E-state index contributed by atoms with van der Waals surface area (Å²) in [6, 6.07) is 16.8. The molecule has 3 rings (SSSR count). The molecule has 0 aliphatic carbocycles. The van der Waals surface area contributed by atoms with Gasteiger partial charge in [-0.25, -0.2) is 9.59 Å². The van der Waals surface area contributed by atoms with Crippen LogP contribution in [0.5, 0.6) is 0 Å². The van der Waals surface area contributed by atoms with Crippen LogP contribution in [0.4, 0.5) is 10.5 Å². The lowest BCUT2D eigenvalue weighted by atomic mass is 10.1. The third-order valence-electron chi connectivity index (χ3n) is 4.98. The molecule has 0 bridgehead atoms. The van der Waals surface area contributed by atoms with E-state index in [0.717, 1.165) is 17.8 Å². The second-order valence-electron chi connectivity index (χ2n) is 7.07. The van der Waals surface area contributed by atoms with E-state index in [9.17, 15) is 9.59 Å². The van der Waals surface area contributed by atoms with Crippen molar-refractivity contribution in [1.29, 1.82) is 0 Å². The van der Waals surface area contributed by atoms with Crippen molar-refractivity contribution in [2.75, 3.05) is 18.4 Å². The number of nitrogens with one attached hydrogen (secondary N) is 1. The maximum Gasteiger partial charge on any atom is 0.335 e. The number of benzene rings is 2. The van der Waals surface area contributed by atoms with Crippen LogP contribution >= 0.6 is 0 Å². The first-order valence-electron chi connectivity index (χ1n) is 9.13. The van der Waals surface area contributed by atoms with Crippen molar-refractivity contribution in [3.8, 4) is 0 Å². The zero-order valence-corrected chi connectivity index (χ0v) is 15.6. The van der Waals surface area contributed by atoms with Gasteiger partial charge in [0.25, 0.3) is 0 Å². The molecule has 0 radical (unpaired) electrons. The van der Waals surface area contributed by atoms with Crippen molar-refractivity contribution in [2.24, 2.45) is 0 Å². The molecule has 1 aliphatic rings. The molecule has 2 N–H and O–H groups in total. The van der Waals surface area contributed by atoms with Gasteiger partial charge in [0.1, 0.15) is 0 Å². The third-order valence-corrected chi connectivity index (χ3v) is 4.98. The van der Waals surface area contributed by atoms with Gasteiger partial charge in [0, 0.05) is 37.4 Å². The summed E-state index contributed by atoms with van der Waals surface area (Å²) < 4.78 is 0. The third kappa shape index (κ3) is 4.65. The lowest BCUT2D eigenvalue weighted by Gasteiger charge is -2.44. The highest BCUT2D eigenvalue weighted by Gasteiger charge is 2.31. The molecule has 2 atom stereocenters. The number of urea groups is 1. The van der Waals surface area contributed by atoms with Gasteiger partial charge >= 0.3 is 12.0 Å². The number of hydrogen-bond donors (Lipinski definition) is 2. The molecule has 27 heavy (non-hydrogen) atoms. The van der Waals surface area contributed by atoms with Crippen molar-refractivity contribution in [3.63, 3.8) is 0 Å². The Bertz CT molecular complexity index is 780. The number of carboxylic acid groups (broad SMARTS) is 1. The van der Waals surface area contributed by atoms with E-state index in [1.54, 1.807) is 12.1 Å². The van der Waals surface area contributed by atoms with E-state index in [-0.39, 0.29) is 18.1 Å². The predicted molar refractivity (Wildman–Crippen MR) is 105 cm³/mol. The van der Waals surface area contributed by atoms with Crippen molar-refractivity contribution in [2.45, 2.75) is 32.5 Å². The SMILES string of the molecule is C[C@@H]1CN(C(=O)Nc2ccccc2)C[C@H](C)N1Cc1ccc(C(=O)O)cc1. The number of anilines is 1. The van der Waals surface area contributed by atoms with Crippen LogP contribution in [-0.2, 0) is 6.54 Å². The van der Waals surface area contributed by atoms with Crippen LogP contribution in [0.2, 0.25) is 0 Å². The predicted octanol–water partition coefficient (Wildman–Crippen LogP) is 3.51. The number of aromatic carboxylic acids is 1. The standard InChI is InChI=1S/C21H25N3O3/c1-15-12-23(21(27)22-19-6-4-3-5-7-19)13-16(2)24(15)14-17-8-10-18(11-9-17)20(25)26/h3-11,15-16H,12-14H2,1-2H3,(H,22,27)(H,25,26)/t15-,16+. The van der Waals surface area contributed by atoms with Crippen molar-refractivity contribution in [1.82, 2.24) is 9.80 Å². The fraction of sp³-hybridized carbons (Fsp3) is 0.333. The van der Waals surface area contributed by atoms with Crippen LogP contribution in [0.25, 0.3) is 0 Å². The van der Waals surface area contributed by atoms with Gasteiger partial charge < -0.3 is 15.3 Å². The Labute approximate surface area is 159 Å². The Morgan fingerprint density at radius 3 is 2.15 bits per heavy atom. The Hall–Kier alpha value is -2.86. The molecule has 1 fully saturated rings. The van der Waals surface area contributed by atoms with E-state index in [1.807, 2.05) is 47.4 Å². The lowest BCUT2D eigenvalue weighted by molar-refractivity contribution is 0.0526. The van der Waals surface area contributed by atoms with E-state index < -0.39 is 5.97 Å². The summed E-state index contributed by atoms with van der Waals surface area (Å²) in [6.45, 7) is 6.26. The van der Waals surface area contributed by atoms with Crippen LogP contribution in [0, 0.1) is 0 Å². The zero-order valence-electron chi connectivity index (χ0n) is 15.6. The summed E-state index contributed by atoms with van der Waals surface area (Å²) in [5.74, 6) is -0.915. The summed E-state index contributed by atoms with van der Waals surface area (Å²) in [4.78, 5) is 27.8. The summed E-state index contributed by atoms with van der Waals surface area (Å²) >= 11 is 0. The molecule has 0 saturated carbocycles. The number of amides is 2. The molecular formula is C21H25N3O3. The number of rotatable bonds is 4. The van der Waals surface area contributed by atoms with Gasteiger partial charge in [0.2, 0.25) is 0 Å². The Balaban J connectivity index is 1.61. The van der Waals surface area contributed by atoms with Crippen LogP contribution in [0.1, 0.15) is 29.8 Å². The van der Waals surface area contributed by atoms with Gasteiger partial charge in [-0.1, -0.05) is 30.3 Å². The molecule has 0 aromatic heterocycles. The van der Waals surface area contributed by atoms with E-state index in [0.29, 0.717) is 18.7 Å². The molecule has 1 heterocycles. The Morgan fingerprint density at radius 2 is 1.59 bits per heavy atom. The maximum atomic E-state index is 12.6. The van der Waals surface area contributed by atoms with Gasteiger partial charge in [-0.2, -0.15) is 0 Å². The summed E-state index contributed by atoms with van der Waals surface area (Å²) in [5, 5.41) is 12.0. The zero-order chi connectivity index (χ0) is 19.4. The molecule has 1 saturated heterocycles. The van der Waals surface area contributed by atoms with Crippen LogP contribution in [0.3, 0.4) is 0 Å². The van der Waals surface area contributed by atoms with Gasteiger partial charge in [-0.05, 0) is 43.7 Å². The molecular weight excluding hydrogens is 342 g/mol. The first-order valence-corrected chi connectivity index (χ1v) is 9.13. The highest BCUT2D eigenvalue weighted by molar-refractivity contribution is 5.89. The molecule has 0 spiro atoms. The second kappa shape index (κ2) is 8.22. The average Bonchev–Trinajstić information content (AvgIpc) is 2.65. The number of piperazine rings is 1. The highest BCUT2D eigenvalue weighted by Crippen LogP contribution is 2.20. The summed E-state index contributed by atoms with van der Waals surface area (Å²) in [7, 11) is 0. The number of nitrogens with zero attached hydrogens (tertiary/aromatic N) is 2. The Kier molecular flexibility index (Phi) is 5.76. The molecule has 2 amide bonds. The summed E-state index contributed by atoms with van der Waals surface area (Å²) in [5.41, 5.74) is 2.16. The molecule has 2 aromatic carbocycles. The molecule has 6 nitrogen and oxygen atoms in total. The normalized spacial score (nSPS) is 20.3. The number of para-hydroxylation sites is 1. The van der Waals surface area contributed by atoms with Gasteiger partial charge in [0.05, 0.1) is 5.56 Å². The lowest BCUT2D eigenvalue weighted by Crippen LogP contribution is -2.58. The van der Waals surface area contributed by atoms with Crippen molar-refractivity contribution < 1.29 is 14.7 Å². The van der Waals surface area contributed by atoms with Crippen molar-refractivity contribution >= 4 is 17.7 Å². The Morgan fingerprint density at radius 1 is 1.00 bits per heavy atom. The minimum absolute atomic E-state index is 0.0784. The fourth-order valence-corrected chi connectivity index (χ4v) is 3.52. The van der Waals surface area contributed by atoms with E-state index >= 15 is 0 Å². The molecule has 142 valence electrons. The quantitative estimate of drug-likeness (QED) is 0.867. The molecule has 6 heteroatoms. The van der Waals surface area contributed by atoms with Gasteiger partial charge in [-0.3, -0.25) is 4.90 Å². The number of carbonyl (C=O) groups is 2. The molecule has 1 aliphatic heterocycles. The largest absolute Gasteiger partial charge is 0.478 e. The minimum Gasteiger partial charge on any atom is -0.478 e. The molecule has 2 aromatic rings. The van der Waals surface area contributed by atoms with Crippen molar-refractivity contribution in [3.05, 3.63) is 65.7 Å². The first kappa shape index (κ1) is 18.9. The van der Waals surface area contributed by atoms with E-state index in [1.165, 1.54) is 0 Å². The molecule has 0 unspecified atom stereocenters. The number of hydrogen-bond acceptors (Lipinski definition) is 3. The van der Waals surface area contributed by atoms with E-state index in [4.69, 9.17) is 5.11 Å². The minimum atomic E-state index is -0.915. The highest BCUT2D eigenvalue weighted by atomic mass is 16.4. The monoisotopic (exact) mass is 367 g/mol. The van der Waals surface area contributed by atoms with Gasteiger partial charge in [-0.15, -0.1) is 0 Å². The van der Waals surface area contributed by atoms with Gasteiger partial charge in [0.15, 0.2) is 0 Å². The smallest absolute Gasteiger partial charge is 0.335 e. The average molecular weight is 367 g/mol. The maximum absolute atomic E-state index is 12.6. The van der Waals surface area contributed by atoms with Crippen LogP contribution in [-0.4, -0.2) is 52.1 Å². The summed E-state index contributed by atoms with van der Waals surface area (Å²) in [6.07, 6.45) is 0. The number of carbonyl (C=O) groups excluding carboxylic acids is 1. The van der Waals surface area contributed by atoms with E-state index in [2.05, 4.69) is 24.1 Å². The number of carboxylic acids is 1. The van der Waals surface area contributed by atoms with Crippen LogP contribution in [0.15, 0.2) is 54.6 Å².